The van der Waals surface area contributed by atoms with Crippen molar-refractivity contribution in [1.29, 1.82) is 0 Å². The number of Topliss-reactive ketones (excluding diaryl/α,β-unsaturated/α-hetero) is 1. The number of aryl methyl sites for hydroxylation is 1. The Labute approximate surface area is 167 Å². The number of fused-ring (bicyclic) bond motifs is 1. The molecule has 1 aromatic carbocycles. The van der Waals surface area contributed by atoms with Gasteiger partial charge in [0.2, 0.25) is 0 Å². The lowest BCUT2D eigenvalue weighted by Gasteiger charge is -2.08. The first kappa shape index (κ1) is 20.0. The number of H-pyrrole nitrogens is 2. The fourth-order valence-electron chi connectivity index (χ4n) is 3.08. The van der Waals surface area contributed by atoms with Crippen molar-refractivity contribution in [1.82, 2.24) is 15.0 Å². The molecule has 0 saturated carbocycles. The number of ether oxygens (including phenoxy) is 2. The van der Waals surface area contributed by atoms with E-state index in [1.807, 2.05) is 25.1 Å². The van der Waals surface area contributed by atoms with Crippen molar-refractivity contribution in [3.63, 3.8) is 0 Å². The van der Waals surface area contributed by atoms with Crippen LogP contribution in [0.4, 0.5) is 0 Å². The first-order valence-electron chi connectivity index (χ1n) is 8.96. The lowest BCUT2D eigenvalue weighted by molar-refractivity contribution is 0.0525. The number of ketones is 1. The van der Waals surface area contributed by atoms with Gasteiger partial charge in [-0.15, -0.1) is 0 Å². The standard InChI is InChI=1S/C20H23N3O4S/c1-6-27-19(25)16-10(2)17(21-11(16)3)18(24)12(4)28-20-22-14-8-7-13(26-5)9-15(14)23-20/h7-9,12,21H,6H2,1-5H3,(H,22,23)/t12-/m1/s1. The monoisotopic (exact) mass is 401 g/mol. The quantitative estimate of drug-likeness (QED) is 0.352. The number of carbonyl (C=O) groups is 2. The minimum Gasteiger partial charge on any atom is -0.497 e. The molecule has 0 spiro atoms. The second-order valence-electron chi connectivity index (χ2n) is 6.39. The van der Waals surface area contributed by atoms with Crippen molar-refractivity contribution >= 4 is 34.5 Å². The van der Waals surface area contributed by atoms with Gasteiger partial charge in [0.1, 0.15) is 5.75 Å². The summed E-state index contributed by atoms with van der Waals surface area (Å²) in [6.07, 6.45) is 0. The van der Waals surface area contributed by atoms with Gasteiger partial charge in [-0.2, -0.15) is 0 Å². The molecule has 28 heavy (non-hydrogen) atoms. The second-order valence-corrected chi connectivity index (χ2v) is 7.72. The van der Waals surface area contributed by atoms with E-state index < -0.39 is 11.2 Å². The molecule has 8 heteroatoms. The predicted molar refractivity (Wildman–Crippen MR) is 109 cm³/mol. The Morgan fingerprint density at radius 2 is 2.00 bits per heavy atom. The molecule has 0 bridgehead atoms. The molecule has 3 rings (SSSR count). The Morgan fingerprint density at radius 1 is 1.25 bits per heavy atom. The van der Waals surface area contributed by atoms with E-state index in [-0.39, 0.29) is 12.4 Å². The maximum atomic E-state index is 13.0. The van der Waals surface area contributed by atoms with Crippen LogP contribution in [-0.4, -0.2) is 45.7 Å². The number of hydrogen-bond donors (Lipinski definition) is 2. The molecule has 0 radical (unpaired) electrons. The van der Waals surface area contributed by atoms with Crippen molar-refractivity contribution in [2.75, 3.05) is 13.7 Å². The van der Waals surface area contributed by atoms with Crippen molar-refractivity contribution in [3.8, 4) is 5.75 Å². The minimum absolute atomic E-state index is 0.0980. The summed E-state index contributed by atoms with van der Waals surface area (Å²) in [6.45, 7) is 7.38. The van der Waals surface area contributed by atoms with Gasteiger partial charge in [-0.25, -0.2) is 9.78 Å². The first-order valence-corrected chi connectivity index (χ1v) is 9.84. The average molecular weight is 401 g/mol. The summed E-state index contributed by atoms with van der Waals surface area (Å²) in [5, 5.41) is 0.255. The average Bonchev–Trinajstić information content (AvgIpc) is 3.19. The van der Waals surface area contributed by atoms with E-state index in [0.717, 1.165) is 16.8 Å². The highest BCUT2D eigenvalue weighted by Gasteiger charge is 2.26. The third kappa shape index (κ3) is 3.77. The second kappa shape index (κ2) is 8.10. The summed E-state index contributed by atoms with van der Waals surface area (Å²) in [5.41, 5.74) is 3.75. The van der Waals surface area contributed by atoms with Crippen LogP contribution in [0.15, 0.2) is 23.4 Å². The maximum Gasteiger partial charge on any atom is 0.340 e. The molecule has 0 saturated heterocycles. The zero-order valence-corrected chi connectivity index (χ0v) is 17.3. The first-order chi connectivity index (χ1) is 13.3. The summed E-state index contributed by atoms with van der Waals surface area (Å²) < 4.78 is 10.3. The topological polar surface area (TPSA) is 97.1 Å². The molecule has 0 aliphatic rings. The van der Waals surface area contributed by atoms with Crippen molar-refractivity contribution in [2.24, 2.45) is 0 Å². The number of nitrogens with zero attached hydrogens (tertiary/aromatic N) is 1. The van der Waals surface area contributed by atoms with Gasteiger partial charge in [0.25, 0.3) is 0 Å². The van der Waals surface area contributed by atoms with E-state index in [0.29, 0.717) is 27.7 Å². The highest BCUT2D eigenvalue weighted by atomic mass is 32.2. The summed E-state index contributed by atoms with van der Waals surface area (Å²) in [5.74, 6) is 0.222. The largest absolute Gasteiger partial charge is 0.497 e. The molecule has 0 aliphatic carbocycles. The SMILES string of the molecule is CCOC(=O)c1c(C)[nH]c(C(=O)[C@@H](C)Sc2nc3ccc(OC)cc3[nH]2)c1C. The number of methoxy groups -OCH3 is 1. The number of carbonyl (C=O) groups excluding carboxylic acids is 2. The summed E-state index contributed by atoms with van der Waals surface area (Å²) in [4.78, 5) is 35.9. The van der Waals surface area contributed by atoms with Gasteiger partial charge in [0.05, 0.1) is 41.3 Å². The molecular weight excluding hydrogens is 378 g/mol. The Bertz CT molecular complexity index is 1040. The zero-order chi connectivity index (χ0) is 20.4. The number of imidazole rings is 1. The number of benzene rings is 1. The van der Waals surface area contributed by atoms with Gasteiger partial charge in [0, 0.05) is 11.8 Å². The summed E-state index contributed by atoms with van der Waals surface area (Å²) in [6, 6.07) is 5.57. The molecule has 2 aromatic heterocycles. The van der Waals surface area contributed by atoms with E-state index in [9.17, 15) is 9.59 Å². The number of hydrogen-bond acceptors (Lipinski definition) is 6. The Balaban J connectivity index is 1.81. The van der Waals surface area contributed by atoms with Gasteiger partial charge in [0.15, 0.2) is 10.9 Å². The third-order valence-electron chi connectivity index (χ3n) is 4.49. The lowest BCUT2D eigenvalue weighted by atomic mass is 10.1. The van der Waals surface area contributed by atoms with Crippen LogP contribution in [0.25, 0.3) is 11.0 Å². The van der Waals surface area contributed by atoms with E-state index >= 15 is 0 Å². The molecule has 3 aromatic rings. The zero-order valence-electron chi connectivity index (χ0n) is 16.5. The molecule has 0 amide bonds. The maximum absolute atomic E-state index is 13.0. The van der Waals surface area contributed by atoms with Gasteiger partial charge in [-0.3, -0.25) is 4.79 Å². The van der Waals surface area contributed by atoms with Gasteiger partial charge >= 0.3 is 5.97 Å². The van der Waals surface area contributed by atoms with E-state index in [1.165, 1.54) is 11.8 Å². The van der Waals surface area contributed by atoms with Crippen LogP contribution in [-0.2, 0) is 4.74 Å². The van der Waals surface area contributed by atoms with Crippen LogP contribution < -0.4 is 4.74 Å². The molecule has 0 fully saturated rings. The van der Waals surface area contributed by atoms with Crippen LogP contribution in [0, 0.1) is 13.8 Å². The highest BCUT2D eigenvalue weighted by molar-refractivity contribution is 8.00. The molecule has 7 nitrogen and oxygen atoms in total. The fourth-order valence-corrected chi connectivity index (χ4v) is 3.96. The molecular formula is C20H23N3O4S. The van der Waals surface area contributed by atoms with Crippen molar-refractivity contribution in [2.45, 2.75) is 38.1 Å². The van der Waals surface area contributed by atoms with Crippen LogP contribution in [0.5, 0.6) is 5.75 Å². The van der Waals surface area contributed by atoms with E-state index in [4.69, 9.17) is 9.47 Å². The number of aromatic nitrogens is 3. The molecule has 1 atom stereocenters. The number of esters is 1. The lowest BCUT2D eigenvalue weighted by Crippen LogP contribution is -2.15. The van der Waals surface area contributed by atoms with Crippen LogP contribution in [0.3, 0.4) is 0 Å². The normalized spacial score (nSPS) is 12.2. The number of nitrogens with one attached hydrogen (secondary N) is 2. The predicted octanol–water partition coefficient (Wildman–Crippen LogP) is 4.06. The molecule has 2 N–H and O–H groups in total. The Hall–Kier alpha value is -2.74. The number of thioether (sulfide) groups is 1. The van der Waals surface area contributed by atoms with Crippen molar-refractivity contribution < 1.29 is 19.1 Å². The third-order valence-corrected chi connectivity index (χ3v) is 5.47. The molecule has 0 unspecified atom stereocenters. The highest BCUT2D eigenvalue weighted by Crippen LogP contribution is 2.29. The number of aromatic amines is 2. The smallest absolute Gasteiger partial charge is 0.340 e. The Kier molecular flexibility index (Phi) is 5.79. The van der Waals surface area contributed by atoms with E-state index in [1.54, 1.807) is 27.9 Å². The van der Waals surface area contributed by atoms with Crippen LogP contribution in [0.2, 0.25) is 0 Å². The van der Waals surface area contributed by atoms with Crippen LogP contribution >= 0.6 is 11.8 Å². The van der Waals surface area contributed by atoms with E-state index in [2.05, 4.69) is 15.0 Å². The summed E-state index contributed by atoms with van der Waals surface area (Å²) >= 11 is 1.33. The summed E-state index contributed by atoms with van der Waals surface area (Å²) in [7, 11) is 1.61. The Morgan fingerprint density at radius 3 is 2.68 bits per heavy atom. The van der Waals surface area contributed by atoms with Crippen molar-refractivity contribution in [3.05, 3.63) is 40.7 Å². The molecule has 0 aliphatic heterocycles. The minimum atomic E-state index is -0.417. The number of rotatable bonds is 7. The van der Waals surface area contributed by atoms with Gasteiger partial charge in [-0.1, -0.05) is 11.8 Å². The molecule has 2 heterocycles. The fraction of sp³-hybridized carbons (Fsp3) is 0.350. The van der Waals surface area contributed by atoms with Gasteiger partial charge in [-0.05, 0) is 45.4 Å². The van der Waals surface area contributed by atoms with Gasteiger partial charge < -0.3 is 19.4 Å². The molecule has 148 valence electrons. The van der Waals surface area contributed by atoms with Crippen LogP contribution in [0.1, 0.15) is 46.0 Å².